The van der Waals surface area contributed by atoms with Crippen LogP contribution < -0.4 is 5.32 Å². The third-order valence-electron chi connectivity index (χ3n) is 4.79. The van der Waals surface area contributed by atoms with E-state index in [1.54, 1.807) is 4.90 Å². The van der Waals surface area contributed by atoms with Crippen LogP contribution >= 0.6 is 0 Å². The van der Waals surface area contributed by atoms with Crippen molar-refractivity contribution in [2.45, 2.75) is 51.1 Å². The van der Waals surface area contributed by atoms with Gasteiger partial charge in [0.15, 0.2) is 0 Å². The zero-order valence-corrected chi connectivity index (χ0v) is 13.2. The van der Waals surface area contributed by atoms with Crippen molar-refractivity contribution < 1.29 is 9.90 Å². The highest BCUT2D eigenvalue weighted by molar-refractivity contribution is 5.75. The lowest BCUT2D eigenvalue weighted by molar-refractivity contribution is 0.152. The second-order valence-corrected chi connectivity index (χ2v) is 6.43. The Morgan fingerprint density at radius 3 is 2.71 bits per heavy atom. The molecular formula is C17H26N2O2. The summed E-state index contributed by atoms with van der Waals surface area (Å²) in [4.78, 5) is 14.2. The maximum atomic E-state index is 12.4. The zero-order valence-electron chi connectivity index (χ0n) is 13.2. The Morgan fingerprint density at radius 1 is 1.43 bits per heavy atom. The Kier molecular flexibility index (Phi) is 4.88. The van der Waals surface area contributed by atoms with Crippen molar-refractivity contribution in [1.82, 2.24) is 10.2 Å². The first-order chi connectivity index (χ1) is 9.96. The molecule has 1 fully saturated rings. The highest BCUT2D eigenvalue weighted by atomic mass is 16.3. The number of nitrogens with one attached hydrogen (secondary N) is 1. The zero-order chi connectivity index (χ0) is 15.5. The standard InChI is InChI=1S/C17H26N2O2/c1-13(17(2,3)14-8-5-4-6-9-14)18-16(21)19-11-7-10-15(19)12-20/h4-6,8-9,13,15,20H,7,10-12H2,1-3H3,(H,18,21). The van der Waals surface area contributed by atoms with Crippen molar-refractivity contribution in [2.75, 3.05) is 13.2 Å². The summed E-state index contributed by atoms with van der Waals surface area (Å²) >= 11 is 0. The lowest BCUT2D eigenvalue weighted by atomic mass is 9.78. The minimum atomic E-state index is -0.147. The molecule has 2 N–H and O–H groups in total. The summed E-state index contributed by atoms with van der Waals surface area (Å²) in [5.74, 6) is 0. The first-order valence-electron chi connectivity index (χ1n) is 7.70. The summed E-state index contributed by atoms with van der Waals surface area (Å²) in [6.07, 6.45) is 1.86. The van der Waals surface area contributed by atoms with Gasteiger partial charge in [0.25, 0.3) is 0 Å². The average Bonchev–Trinajstić information content (AvgIpc) is 2.96. The highest BCUT2D eigenvalue weighted by Gasteiger charge is 2.33. The Labute approximate surface area is 127 Å². The fourth-order valence-corrected chi connectivity index (χ4v) is 2.86. The third kappa shape index (κ3) is 3.38. The molecular weight excluding hydrogens is 264 g/mol. The number of carbonyl (C=O) groups excluding carboxylic acids is 1. The molecule has 0 spiro atoms. The molecule has 0 aromatic heterocycles. The van der Waals surface area contributed by atoms with Gasteiger partial charge in [-0.15, -0.1) is 0 Å². The van der Waals surface area contributed by atoms with Crippen LogP contribution in [0.5, 0.6) is 0 Å². The first-order valence-corrected chi connectivity index (χ1v) is 7.70. The van der Waals surface area contributed by atoms with E-state index in [9.17, 15) is 9.90 Å². The number of nitrogens with zero attached hydrogens (tertiary/aromatic N) is 1. The van der Waals surface area contributed by atoms with E-state index in [0.717, 1.165) is 19.4 Å². The molecule has 2 unspecified atom stereocenters. The number of hydrogen-bond acceptors (Lipinski definition) is 2. The predicted octanol–water partition coefficient (Wildman–Crippen LogP) is 2.52. The van der Waals surface area contributed by atoms with Gasteiger partial charge in [0, 0.05) is 18.0 Å². The van der Waals surface area contributed by atoms with E-state index in [-0.39, 0.29) is 30.1 Å². The summed E-state index contributed by atoms with van der Waals surface area (Å²) in [7, 11) is 0. The first kappa shape index (κ1) is 15.8. The maximum Gasteiger partial charge on any atom is 0.317 e. The molecule has 2 amide bonds. The van der Waals surface area contributed by atoms with Gasteiger partial charge in [-0.1, -0.05) is 44.2 Å². The number of amides is 2. The van der Waals surface area contributed by atoms with Gasteiger partial charge in [0.1, 0.15) is 0 Å². The molecule has 2 atom stereocenters. The molecule has 21 heavy (non-hydrogen) atoms. The summed E-state index contributed by atoms with van der Waals surface area (Å²) in [6, 6.07) is 10.1. The Bertz CT molecular complexity index is 473. The van der Waals surface area contributed by atoms with Crippen LogP contribution in [-0.4, -0.2) is 41.3 Å². The van der Waals surface area contributed by atoms with Crippen molar-refractivity contribution in [3.63, 3.8) is 0 Å². The van der Waals surface area contributed by atoms with Crippen molar-refractivity contribution in [3.8, 4) is 0 Å². The molecule has 1 saturated heterocycles. The Balaban J connectivity index is 2.03. The summed E-state index contributed by atoms with van der Waals surface area (Å²) in [5.41, 5.74) is 1.06. The van der Waals surface area contributed by atoms with Crippen LogP contribution in [0.1, 0.15) is 39.2 Å². The number of hydrogen-bond donors (Lipinski definition) is 2. The number of aliphatic hydroxyl groups is 1. The van der Waals surface area contributed by atoms with Crippen LogP contribution in [0.25, 0.3) is 0 Å². The van der Waals surface area contributed by atoms with Gasteiger partial charge in [-0.2, -0.15) is 0 Å². The second kappa shape index (κ2) is 6.48. The molecule has 2 rings (SSSR count). The van der Waals surface area contributed by atoms with Gasteiger partial charge in [0.2, 0.25) is 0 Å². The molecule has 4 heteroatoms. The maximum absolute atomic E-state index is 12.4. The fourth-order valence-electron chi connectivity index (χ4n) is 2.86. The van der Waals surface area contributed by atoms with Gasteiger partial charge in [-0.3, -0.25) is 0 Å². The number of urea groups is 1. The van der Waals surface area contributed by atoms with Gasteiger partial charge in [-0.05, 0) is 25.3 Å². The van der Waals surface area contributed by atoms with E-state index in [2.05, 4.69) is 31.3 Å². The summed E-state index contributed by atoms with van der Waals surface area (Å²) in [5, 5.41) is 12.4. The van der Waals surface area contributed by atoms with Crippen LogP contribution in [0.4, 0.5) is 4.79 Å². The van der Waals surface area contributed by atoms with Crippen molar-refractivity contribution in [3.05, 3.63) is 35.9 Å². The summed E-state index contributed by atoms with van der Waals surface area (Å²) in [6.45, 7) is 7.09. The van der Waals surface area contributed by atoms with Gasteiger partial charge in [-0.25, -0.2) is 4.79 Å². The van der Waals surface area contributed by atoms with Crippen molar-refractivity contribution in [1.29, 1.82) is 0 Å². The molecule has 1 aliphatic heterocycles. The van der Waals surface area contributed by atoms with Crippen LogP contribution in [0, 0.1) is 0 Å². The van der Waals surface area contributed by atoms with E-state index >= 15 is 0 Å². The monoisotopic (exact) mass is 290 g/mol. The molecule has 1 heterocycles. The van der Waals surface area contributed by atoms with Crippen LogP contribution in [0.3, 0.4) is 0 Å². The largest absolute Gasteiger partial charge is 0.394 e. The van der Waals surface area contributed by atoms with Crippen LogP contribution in [-0.2, 0) is 5.41 Å². The number of aliphatic hydroxyl groups excluding tert-OH is 1. The van der Waals surface area contributed by atoms with Gasteiger partial charge in [0.05, 0.1) is 12.6 Å². The predicted molar refractivity (Wildman–Crippen MR) is 84.3 cm³/mol. The van der Waals surface area contributed by atoms with Crippen LogP contribution in [0.15, 0.2) is 30.3 Å². The minimum Gasteiger partial charge on any atom is -0.394 e. The van der Waals surface area contributed by atoms with E-state index in [1.807, 2.05) is 25.1 Å². The molecule has 0 aliphatic carbocycles. The Morgan fingerprint density at radius 2 is 2.10 bits per heavy atom. The molecule has 0 saturated carbocycles. The number of rotatable bonds is 4. The molecule has 116 valence electrons. The molecule has 1 aliphatic rings. The van der Waals surface area contributed by atoms with Gasteiger partial charge < -0.3 is 15.3 Å². The van der Waals surface area contributed by atoms with E-state index in [0.29, 0.717) is 0 Å². The lowest BCUT2D eigenvalue weighted by Crippen LogP contribution is -2.52. The van der Waals surface area contributed by atoms with Gasteiger partial charge >= 0.3 is 6.03 Å². The van der Waals surface area contributed by atoms with E-state index in [1.165, 1.54) is 5.56 Å². The highest BCUT2D eigenvalue weighted by Crippen LogP contribution is 2.27. The van der Waals surface area contributed by atoms with Crippen LogP contribution in [0.2, 0.25) is 0 Å². The SMILES string of the molecule is CC(NC(=O)N1CCCC1CO)C(C)(C)c1ccccc1. The fraction of sp³-hybridized carbons (Fsp3) is 0.588. The quantitative estimate of drug-likeness (QED) is 0.895. The topological polar surface area (TPSA) is 52.6 Å². The lowest BCUT2D eigenvalue weighted by Gasteiger charge is -2.35. The smallest absolute Gasteiger partial charge is 0.317 e. The number of benzene rings is 1. The average molecular weight is 290 g/mol. The van der Waals surface area contributed by atoms with Crippen molar-refractivity contribution >= 4 is 6.03 Å². The summed E-state index contributed by atoms with van der Waals surface area (Å²) < 4.78 is 0. The van der Waals surface area contributed by atoms with E-state index < -0.39 is 0 Å². The number of likely N-dealkylation sites (tertiary alicyclic amines) is 1. The minimum absolute atomic E-state index is 0.00680. The normalized spacial score (nSPS) is 20.4. The molecule has 0 radical (unpaired) electrons. The second-order valence-electron chi connectivity index (χ2n) is 6.43. The van der Waals surface area contributed by atoms with Crippen molar-refractivity contribution in [2.24, 2.45) is 0 Å². The number of carbonyl (C=O) groups is 1. The third-order valence-corrected chi connectivity index (χ3v) is 4.79. The van der Waals surface area contributed by atoms with E-state index in [4.69, 9.17) is 0 Å². The Hall–Kier alpha value is -1.55. The molecule has 1 aromatic carbocycles. The molecule has 4 nitrogen and oxygen atoms in total. The molecule has 1 aromatic rings. The molecule has 0 bridgehead atoms.